The van der Waals surface area contributed by atoms with E-state index in [0.717, 1.165) is 17.1 Å². The van der Waals surface area contributed by atoms with Crippen LogP contribution in [0, 0.1) is 0 Å². The van der Waals surface area contributed by atoms with E-state index in [4.69, 9.17) is 24.7 Å². The molecule has 8 nitrogen and oxygen atoms in total. The van der Waals surface area contributed by atoms with Crippen LogP contribution in [0.15, 0.2) is 18.2 Å². The van der Waals surface area contributed by atoms with E-state index in [1.54, 1.807) is 18.8 Å². The van der Waals surface area contributed by atoms with Gasteiger partial charge >= 0.3 is 12.1 Å². The van der Waals surface area contributed by atoms with Crippen molar-refractivity contribution in [3.63, 3.8) is 0 Å². The summed E-state index contributed by atoms with van der Waals surface area (Å²) in [5, 5.41) is 0. The summed E-state index contributed by atoms with van der Waals surface area (Å²) in [7, 11) is 1.64. The zero-order valence-electron chi connectivity index (χ0n) is 16.7. The third kappa shape index (κ3) is 6.20. The number of rotatable bonds is 9. The average molecular weight is 413 g/mol. The Morgan fingerprint density at radius 2 is 1.96 bits per heavy atom. The zero-order valence-corrected chi connectivity index (χ0v) is 17.5. The Kier molecular flexibility index (Phi) is 8.25. The Morgan fingerprint density at radius 1 is 1.25 bits per heavy atom. The third-order valence-electron chi connectivity index (χ3n) is 4.40. The molecular formula is C19H28N2O6S. The van der Waals surface area contributed by atoms with Gasteiger partial charge in [-0.25, -0.2) is 4.79 Å². The molecule has 0 bridgehead atoms. The fourth-order valence-corrected chi connectivity index (χ4v) is 3.08. The molecule has 0 fully saturated rings. The van der Waals surface area contributed by atoms with Crippen LogP contribution in [0.25, 0.3) is 0 Å². The minimum atomic E-state index is -1.01. The number of nitrogens with zero attached hydrogens (tertiary/aromatic N) is 1. The van der Waals surface area contributed by atoms with Gasteiger partial charge in [-0.2, -0.15) is 11.8 Å². The van der Waals surface area contributed by atoms with Gasteiger partial charge in [-0.3, -0.25) is 4.79 Å². The van der Waals surface area contributed by atoms with E-state index < -0.39 is 24.4 Å². The topological polar surface area (TPSA) is 100 Å². The maximum atomic E-state index is 12.3. The number of benzene rings is 1. The predicted molar refractivity (Wildman–Crippen MR) is 107 cm³/mol. The number of hydrogen-bond donors (Lipinski definition) is 1. The number of thioether (sulfide) groups is 1. The van der Waals surface area contributed by atoms with Crippen LogP contribution in [-0.2, 0) is 20.7 Å². The fraction of sp³-hybridized carbons (Fsp3) is 0.579. The van der Waals surface area contributed by atoms with Gasteiger partial charge in [-0.05, 0) is 49.5 Å². The Morgan fingerprint density at radius 3 is 2.68 bits per heavy atom. The molecule has 1 aliphatic heterocycles. The van der Waals surface area contributed by atoms with Crippen molar-refractivity contribution < 1.29 is 28.5 Å². The van der Waals surface area contributed by atoms with Gasteiger partial charge in [0.1, 0.15) is 6.04 Å². The second-order valence-corrected chi connectivity index (χ2v) is 7.61. The van der Waals surface area contributed by atoms with Gasteiger partial charge in [0.05, 0.1) is 0 Å². The first-order chi connectivity index (χ1) is 13.3. The SMILES string of the molecule is CSCCC(N)C(=O)OC(C)OC(=O)N(C)C(C)Cc1ccc2c(c1)OCO2. The number of carbonyl (C=O) groups excluding carboxylic acids is 2. The molecule has 9 heteroatoms. The normalized spacial score (nSPS) is 15.5. The number of carbonyl (C=O) groups is 2. The lowest BCUT2D eigenvalue weighted by atomic mass is 10.1. The van der Waals surface area contributed by atoms with Gasteiger partial charge in [0.2, 0.25) is 13.1 Å². The molecule has 28 heavy (non-hydrogen) atoms. The number of ether oxygens (including phenoxy) is 4. The van der Waals surface area contributed by atoms with Crippen LogP contribution in [0.3, 0.4) is 0 Å². The molecule has 2 N–H and O–H groups in total. The van der Waals surface area contributed by atoms with E-state index in [2.05, 4.69) is 0 Å². The van der Waals surface area contributed by atoms with E-state index in [0.29, 0.717) is 18.6 Å². The number of hydrogen-bond acceptors (Lipinski definition) is 8. The lowest BCUT2D eigenvalue weighted by Crippen LogP contribution is -2.40. The Labute approximate surface area is 169 Å². The first-order valence-electron chi connectivity index (χ1n) is 9.08. The first kappa shape index (κ1) is 22.2. The number of fused-ring (bicyclic) bond motifs is 1. The third-order valence-corrected chi connectivity index (χ3v) is 5.05. The summed E-state index contributed by atoms with van der Waals surface area (Å²) in [5.41, 5.74) is 6.77. The van der Waals surface area contributed by atoms with E-state index in [1.165, 1.54) is 11.8 Å². The Bertz CT molecular complexity index is 686. The number of amides is 1. The van der Waals surface area contributed by atoms with Crippen molar-refractivity contribution in [3.05, 3.63) is 23.8 Å². The predicted octanol–water partition coefficient (Wildman–Crippen LogP) is 2.38. The van der Waals surface area contributed by atoms with Crippen molar-refractivity contribution in [2.75, 3.05) is 25.8 Å². The summed E-state index contributed by atoms with van der Waals surface area (Å²) < 4.78 is 21.0. The van der Waals surface area contributed by atoms with Gasteiger partial charge in [0.15, 0.2) is 11.5 Å². The zero-order chi connectivity index (χ0) is 20.7. The molecule has 0 aromatic heterocycles. The summed E-state index contributed by atoms with van der Waals surface area (Å²) in [6.07, 6.45) is 1.46. The minimum Gasteiger partial charge on any atom is -0.454 e. The van der Waals surface area contributed by atoms with Crippen molar-refractivity contribution in [2.24, 2.45) is 5.73 Å². The van der Waals surface area contributed by atoms with E-state index in [9.17, 15) is 9.59 Å². The first-order valence-corrected chi connectivity index (χ1v) is 10.5. The van der Waals surface area contributed by atoms with E-state index in [-0.39, 0.29) is 12.8 Å². The standard InChI is InChI=1S/C19H28N2O6S/c1-12(9-14-5-6-16-17(10-14)25-11-24-16)21(3)19(23)27-13(2)26-18(22)15(20)7-8-28-4/h5-6,10,12-13,15H,7-9,11,20H2,1-4H3. The molecule has 1 aromatic rings. The van der Waals surface area contributed by atoms with Gasteiger partial charge < -0.3 is 29.6 Å². The van der Waals surface area contributed by atoms with Crippen molar-refractivity contribution >= 4 is 23.8 Å². The van der Waals surface area contributed by atoms with Crippen LogP contribution in [0.2, 0.25) is 0 Å². The molecule has 1 aromatic carbocycles. The summed E-state index contributed by atoms with van der Waals surface area (Å²) in [5.74, 6) is 1.60. The molecule has 0 saturated carbocycles. The van der Waals surface area contributed by atoms with Gasteiger partial charge in [-0.15, -0.1) is 0 Å². The largest absolute Gasteiger partial charge is 0.454 e. The van der Waals surface area contributed by atoms with Crippen LogP contribution < -0.4 is 15.2 Å². The van der Waals surface area contributed by atoms with E-state index >= 15 is 0 Å². The summed E-state index contributed by atoms with van der Waals surface area (Å²) in [4.78, 5) is 25.7. The second kappa shape index (κ2) is 10.4. The maximum absolute atomic E-state index is 12.3. The number of nitrogens with two attached hydrogens (primary N) is 1. The maximum Gasteiger partial charge on any atom is 0.412 e. The highest BCUT2D eigenvalue weighted by molar-refractivity contribution is 7.98. The molecule has 0 saturated heterocycles. The second-order valence-electron chi connectivity index (χ2n) is 6.63. The minimum absolute atomic E-state index is 0.139. The monoisotopic (exact) mass is 412 g/mol. The lowest BCUT2D eigenvalue weighted by Gasteiger charge is -2.26. The molecule has 3 atom stereocenters. The average Bonchev–Trinajstić information content (AvgIpc) is 3.12. The van der Waals surface area contributed by atoms with Crippen molar-refractivity contribution in [3.8, 4) is 11.5 Å². The van der Waals surface area contributed by atoms with Crippen molar-refractivity contribution in [1.29, 1.82) is 0 Å². The van der Waals surface area contributed by atoms with Crippen molar-refractivity contribution in [1.82, 2.24) is 4.90 Å². The van der Waals surface area contributed by atoms with E-state index in [1.807, 2.05) is 31.4 Å². The quantitative estimate of drug-likeness (QED) is 0.487. The summed E-state index contributed by atoms with van der Waals surface area (Å²) >= 11 is 1.60. The number of likely N-dealkylation sites (N-methyl/N-ethyl adjacent to an activating group) is 1. The number of esters is 1. The van der Waals surface area contributed by atoms with Crippen LogP contribution in [0.1, 0.15) is 25.8 Å². The molecule has 0 spiro atoms. The van der Waals surface area contributed by atoms with Gasteiger partial charge in [0.25, 0.3) is 0 Å². The molecule has 156 valence electrons. The molecular weight excluding hydrogens is 384 g/mol. The molecule has 0 radical (unpaired) electrons. The van der Waals surface area contributed by atoms with Gasteiger partial charge in [-0.1, -0.05) is 6.07 Å². The highest BCUT2D eigenvalue weighted by Gasteiger charge is 2.24. The molecule has 2 rings (SSSR count). The molecule has 1 aliphatic rings. The summed E-state index contributed by atoms with van der Waals surface area (Å²) in [6.45, 7) is 3.62. The highest BCUT2D eigenvalue weighted by Crippen LogP contribution is 2.33. The molecule has 1 amide bonds. The molecule has 0 aliphatic carbocycles. The van der Waals surface area contributed by atoms with Crippen LogP contribution in [-0.4, -0.2) is 61.2 Å². The molecule has 3 unspecified atom stereocenters. The highest BCUT2D eigenvalue weighted by atomic mass is 32.2. The Hall–Kier alpha value is -2.13. The fourth-order valence-electron chi connectivity index (χ4n) is 2.59. The van der Waals surface area contributed by atoms with Gasteiger partial charge in [0, 0.05) is 20.0 Å². The lowest BCUT2D eigenvalue weighted by molar-refractivity contribution is -0.167. The molecule has 1 heterocycles. The smallest absolute Gasteiger partial charge is 0.412 e. The van der Waals surface area contributed by atoms with Crippen LogP contribution >= 0.6 is 11.8 Å². The summed E-state index contributed by atoms with van der Waals surface area (Å²) in [6, 6.07) is 4.82. The van der Waals surface area contributed by atoms with Crippen LogP contribution in [0.4, 0.5) is 4.79 Å². The van der Waals surface area contributed by atoms with Crippen molar-refractivity contribution in [2.45, 2.75) is 45.1 Å². The Balaban J connectivity index is 1.81. The van der Waals surface area contributed by atoms with Crippen LogP contribution in [0.5, 0.6) is 11.5 Å².